The van der Waals surface area contributed by atoms with Crippen molar-refractivity contribution in [1.29, 1.82) is 0 Å². The van der Waals surface area contributed by atoms with Crippen molar-refractivity contribution in [3.63, 3.8) is 0 Å². The van der Waals surface area contributed by atoms with E-state index >= 15 is 0 Å². The molecule has 2 aromatic rings. The van der Waals surface area contributed by atoms with Gasteiger partial charge in [0.15, 0.2) is 5.82 Å². The molecule has 1 aromatic carbocycles. The highest BCUT2D eigenvalue weighted by Crippen LogP contribution is 2.28. The fourth-order valence-corrected chi connectivity index (χ4v) is 2.99. The van der Waals surface area contributed by atoms with E-state index in [1.54, 1.807) is 11.8 Å². The first-order valence-electron chi connectivity index (χ1n) is 6.42. The third kappa shape index (κ3) is 3.55. The Morgan fingerprint density at radius 2 is 2.29 bits per heavy atom. The molecule has 1 aromatic heterocycles. The van der Waals surface area contributed by atoms with E-state index in [2.05, 4.69) is 20.8 Å². The van der Waals surface area contributed by atoms with E-state index in [1.807, 2.05) is 24.3 Å². The van der Waals surface area contributed by atoms with Crippen molar-refractivity contribution < 1.29 is 9.32 Å². The molecule has 2 heterocycles. The number of hydrogen-bond acceptors (Lipinski definition) is 6. The highest BCUT2D eigenvalue weighted by atomic mass is 35.5. The topological polar surface area (TPSA) is 80.1 Å². The predicted molar refractivity (Wildman–Crippen MR) is 79.1 cm³/mol. The molecule has 0 aliphatic carbocycles. The first kappa shape index (κ1) is 14.4. The minimum Gasteiger partial charge on any atom is -0.353 e. The summed E-state index contributed by atoms with van der Waals surface area (Å²) in [5, 5.41) is 10.5. The zero-order chi connectivity index (χ0) is 14.7. The summed E-state index contributed by atoms with van der Waals surface area (Å²) in [7, 11) is 0. The minimum absolute atomic E-state index is 0.0275. The standard InChI is InChI=1S/C13H13ClN4O2S/c14-8-3-1-2-4-10(8)21-7-11-17-13(20-18-11)9-5-16-12(19)6-15-9/h1-4,9,15H,5-7H2,(H,16,19). The molecular weight excluding hydrogens is 312 g/mol. The second-order valence-electron chi connectivity index (χ2n) is 4.51. The second kappa shape index (κ2) is 6.46. The Morgan fingerprint density at radius 1 is 1.43 bits per heavy atom. The molecule has 1 amide bonds. The molecular formula is C13H13ClN4O2S. The molecule has 0 bridgehead atoms. The molecule has 0 saturated carbocycles. The number of carbonyl (C=O) groups is 1. The van der Waals surface area contributed by atoms with E-state index in [0.717, 1.165) is 4.90 Å². The Hall–Kier alpha value is -1.57. The van der Waals surface area contributed by atoms with Gasteiger partial charge in [0.1, 0.15) is 6.04 Å². The zero-order valence-electron chi connectivity index (χ0n) is 11.0. The Balaban J connectivity index is 1.60. The highest BCUT2D eigenvalue weighted by molar-refractivity contribution is 7.98. The average molecular weight is 325 g/mol. The Labute approximate surface area is 130 Å². The van der Waals surface area contributed by atoms with Crippen LogP contribution >= 0.6 is 23.4 Å². The van der Waals surface area contributed by atoms with E-state index in [0.29, 0.717) is 29.0 Å². The van der Waals surface area contributed by atoms with Gasteiger partial charge in [0.25, 0.3) is 0 Å². The van der Waals surface area contributed by atoms with Gasteiger partial charge < -0.3 is 9.84 Å². The van der Waals surface area contributed by atoms with Crippen LogP contribution in [0.15, 0.2) is 33.7 Å². The maximum atomic E-state index is 11.1. The molecule has 1 aliphatic rings. The third-order valence-corrected chi connectivity index (χ3v) is 4.50. The molecule has 1 saturated heterocycles. The van der Waals surface area contributed by atoms with Crippen LogP contribution in [-0.4, -0.2) is 29.1 Å². The Bertz CT molecular complexity index is 639. The lowest BCUT2D eigenvalue weighted by Gasteiger charge is -2.20. The zero-order valence-corrected chi connectivity index (χ0v) is 12.6. The summed E-state index contributed by atoms with van der Waals surface area (Å²) in [5.41, 5.74) is 0. The minimum atomic E-state index is -0.130. The van der Waals surface area contributed by atoms with Gasteiger partial charge in [-0.15, -0.1) is 11.8 Å². The molecule has 1 atom stereocenters. The Morgan fingerprint density at radius 3 is 3.05 bits per heavy atom. The van der Waals surface area contributed by atoms with Crippen molar-refractivity contribution in [2.75, 3.05) is 13.1 Å². The lowest BCUT2D eigenvalue weighted by molar-refractivity contribution is -0.121. The summed E-state index contributed by atoms with van der Waals surface area (Å²) < 4.78 is 5.24. The van der Waals surface area contributed by atoms with Gasteiger partial charge in [-0.05, 0) is 12.1 Å². The predicted octanol–water partition coefficient (Wildman–Crippen LogP) is 1.78. The van der Waals surface area contributed by atoms with Crippen LogP contribution in [0.4, 0.5) is 0 Å². The lowest BCUT2D eigenvalue weighted by atomic mass is 10.2. The summed E-state index contributed by atoms with van der Waals surface area (Å²) in [6.45, 7) is 0.717. The number of benzene rings is 1. The van der Waals surface area contributed by atoms with Gasteiger partial charge in [0.2, 0.25) is 11.8 Å². The maximum Gasteiger partial charge on any atom is 0.245 e. The van der Waals surface area contributed by atoms with Gasteiger partial charge in [-0.1, -0.05) is 28.9 Å². The van der Waals surface area contributed by atoms with Gasteiger partial charge in [-0.25, -0.2) is 0 Å². The van der Waals surface area contributed by atoms with Crippen molar-refractivity contribution in [1.82, 2.24) is 20.8 Å². The highest BCUT2D eigenvalue weighted by Gasteiger charge is 2.23. The van der Waals surface area contributed by atoms with Crippen molar-refractivity contribution in [2.24, 2.45) is 0 Å². The van der Waals surface area contributed by atoms with Crippen LogP contribution in [0.5, 0.6) is 0 Å². The number of nitrogens with one attached hydrogen (secondary N) is 2. The molecule has 110 valence electrons. The van der Waals surface area contributed by atoms with Crippen LogP contribution in [-0.2, 0) is 10.5 Å². The van der Waals surface area contributed by atoms with Crippen LogP contribution in [0.25, 0.3) is 0 Å². The summed E-state index contributed by atoms with van der Waals surface area (Å²) in [4.78, 5) is 16.4. The summed E-state index contributed by atoms with van der Waals surface area (Å²) in [6, 6.07) is 7.49. The van der Waals surface area contributed by atoms with Crippen molar-refractivity contribution in [3.8, 4) is 0 Å². The molecule has 2 N–H and O–H groups in total. The average Bonchev–Trinajstić information content (AvgIpc) is 2.96. The summed E-state index contributed by atoms with van der Waals surface area (Å²) in [6.07, 6.45) is 0. The largest absolute Gasteiger partial charge is 0.353 e. The number of nitrogens with zero attached hydrogens (tertiary/aromatic N) is 2. The molecule has 21 heavy (non-hydrogen) atoms. The van der Waals surface area contributed by atoms with Crippen LogP contribution in [0.3, 0.4) is 0 Å². The summed E-state index contributed by atoms with van der Waals surface area (Å²) in [5.74, 6) is 1.64. The monoisotopic (exact) mass is 324 g/mol. The van der Waals surface area contributed by atoms with E-state index < -0.39 is 0 Å². The SMILES string of the molecule is O=C1CNC(c2nc(CSc3ccccc3Cl)no2)CN1. The number of amides is 1. The number of carbonyl (C=O) groups excluding carboxylic acids is 1. The molecule has 0 radical (unpaired) electrons. The normalized spacial score (nSPS) is 18.5. The second-order valence-corrected chi connectivity index (χ2v) is 5.93. The summed E-state index contributed by atoms with van der Waals surface area (Å²) >= 11 is 7.65. The van der Waals surface area contributed by atoms with Gasteiger partial charge in [-0.3, -0.25) is 10.1 Å². The van der Waals surface area contributed by atoms with Crippen molar-refractivity contribution >= 4 is 29.3 Å². The smallest absolute Gasteiger partial charge is 0.245 e. The number of piperazine rings is 1. The fourth-order valence-electron chi connectivity index (χ4n) is 1.91. The van der Waals surface area contributed by atoms with Gasteiger partial charge in [0, 0.05) is 11.4 Å². The molecule has 8 heteroatoms. The molecule has 0 spiro atoms. The molecule has 6 nitrogen and oxygen atoms in total. The van der Waals surface area contributed by atoms with Gasteiger partial charge >= 0.3 is 0 Å². The van der Waals surface area contributed by atoms with Crippen LogP contribution in [0.2, 0.25) is 5.02 Å². The van der Waals surface area contributed by atoms with E-state index in [1.165, 1.54) is 0 Å². The lowest BCUT2D eigenvalue weighted by Crippen LogP contribution is -2.47. The first-order valence-corrected chi connectivity index (χ1v) is 7.78. The number of halogens is 1. The van der Waals surface area contributed by atoms with E-state index in [9.17, 15) is 4.79 Å². The Kier molecular flexibility index (Phi) is 4.42. The number of aromatic nitrogens is 2. The van der Waals surface area contributed by atoms with Crippen molar-refractivity contribution in [2.45, 2.75) is 16.7 Å². The first-order chi connectivity index (χ1) is 10.2. The maximum absolute atomic E-state index is 11.1. The van der Waals surface area contributed by atoms with E-state index in [-0.39, 0.29) is 18.5 Å². The molecule has 1 fully saturated rings. The molecule has 3 rings (SSSR count). The number of thioether (sulfide) groups is 1. The number of rotatable bonds is 4. The number of hydrogen-bond donors (Lipinski definition) is 2. The van der Waals surface area contributed by atoms with E-state index in [4.69, 9.17) is 16.1 Å². The van der Waals surface area contributed by atoms with Crippen LogP contribution in [0, 0.1) is 0 Å². The molecule has 1 unspecified atom stereocenters. The molecule has 1 aliphatic heterocycles. The third-order valence-electron chi connectivity index (χ3n) is 2.99. The fraction of sp³-hybridized carbons (Fsp3) is 0.308. The van der Waals surface area contributed by atoms with Gasteiger partial charge in [0.05, 0.1) is 17.3 Å². The quantitative estimate of drug-likeness (QED) is 0.834. The van der Waals surface area contributed by atoms with Crippen LogP contribution in [0.1, 0.15) is 17.8 Å². The van der Waals surface area contributed by atoms with Gasteiger partial charge in [-0.2, -0.15) is 4.98 Å². The van der Waals surface area contributed by atoms with Crippen molar-refractivity contribution in [3.05, 3.63) is 41.0 Å². The van der Waals surface area contributed by atoms with Crippen LogP contribution < -0.4 is 10.6 Å².